The van der Waals surface area contributed by atoms with E-state index in [9.17, 15) is 24.3 Å². The van der Waals surface area contributed by atoms with E-state index in [1.54, 1.807) is 51.1 Å². The van der Waals surface area contributed by atoms with Crippen molar-refractivity contribution < 1.29 is 29.0 Å². The zero-order valence-electron chi connectivity index (χ0n) is 22.6. The van der Waals surface area contributed by atoms with E-state index in [4.69, 9.17) is 10.5 Å². The first-order valence-corrected chi connectivity index (χ1v) is 12.4. The van der Waals surface area contributed by atoms with Crippen molar-refractivity contribution in [3.63, 3.8) is 0 Å². The van der Waals surface area contributed by atoms with Crippen LogP contribution in [0.5, 0.6) is 0 Å². The molecular weight excluding hydrogens is 488 g/mol. The lowest BCUT2D eigenvalue weighted by atomic mass is 9.99. The molecule has 0 heterocycles. The van der Waals surface area contributed by atoms with Crippen LogP contribution in [-0.2, 0) is 19.1 Å². The summed E-state index contributed by atoms with van der Waals surface area (Å²) in [6, 6.07) is 12.0. The number of amides is 4. The van der Waals surface area contributed by atoms with E-state index in [0.29, 0.717) is 11.3 Å². The number of ether oxygens (including phenoxy) is 1. The molecule has 0 fully saturated rings. The van der Waals surface area contributed by atoms with Gasteiger partial charge in [-0.1, -0.05) is 48.0 Å². The number of rotatable bonds is 11. The van der Waals surface area contributed by atoms with Gasteiger partial charge in [0.2, 0.25) is 11.8 Å². The minimum absolute atomic E-state index is 0.116. The number of hydrogen-bond acceptors (Lipinski definition) is 6. The minimum atomic E-state index is -1.23. The van der Waals surface area contributed by atoms with Gasteiger partial charge in [0.25, 0.3) is 5.91 Å². The van der Waals surface area contributed by atoms with E-state index >= 15 is 0 Å². The highest BCUT2D eigenvalue weighted by molar-refractivity contribution is 5.99. The fourth-order valence-corrected chi connectivity index (χ4v) is 3.90. The van der Waals surface area contributed by atoms with E-state index < -0.39 is 48.1 Å². The first-order chi connectivity index (χ1) is 17.8. The Hall–Kier alpha value is -3.92. The average Bonchev–Trinajstić information content (AvgIpc) is 2.81. The van der Waals surface area contributed by atoms with Gasteiger partial charge in [-0.25, -0.2) is 4.79 Å². The number of nitrogens with two attached hydrogens (primary N) is 1. The Morgan fingerprint density at radius 2 is 1.74 bits per heavy atom. The second-order valence-corrected chi connectivity index (χ2v) is 10.1. The molecule has 4 amide bonds. The Morgan fingerprint density at radius 1 is 1.05 bits per heavy atom. The first kappa shape index (κ1) is 30.3. The summed E-state index contributed by atoms with van der Waals surface area (Å²) in [5, 5.41) is 15.3. The molecule has 0 bridgehead atoms. The molecule has 0 saturated carbocycles. The molecule has 38 heavy (non-hydrogen) atoms. The number of carbonyl (C=O) groups is 4. The van der Waals surface area contributed by atoms with Crippen LogP contribution in [0.2, 0.25) is 0 Å². The van der Waals surface area contributed by atoms with Gasteiger partial charge in [-0.15, -0.1) is 0 Å². The highest BCUT2D eigenvalue weighted by atomic mass is 16.6. The summed E-state index contributed by atoms with van der Waals surface area (Å²) >= 11 is 0. The molecule has 0 aromatic heterocycles. The van der Waals surface area contributed by atoms with Crippen LogP contribution in [0.3, 0.4) is 0 Å². The number of aliphatic hydroxyl groups is 1. The fourth-order valence-electron chi connectivity index (χ4n) is 3.90. The Kier molecular flexibility index (Phi) is 10.8. The van der Waals surface area contributed by atoms with Crippen LogP contribution in [0.1, 0.15) is 56.3 Å². The van der Waals surface area contributed by atoms with Crippen molar-refractivity contribution in [2.75, 3.05) is 18.5 Å². The number of para-hydroxylation sites is 1. The molecule has 0 radical (unpaired) electrons. The summed E-state index contributed by atoms with van der Waals surface area (Å²) in [6.07, 6.45) is -1.17. The van der Waals surface area contributed by atoms with E-state index in [0.717, 1.165) is 11.1 Å². The van der Waals surface area contributed by atoms with E-state index in [1.807, 2.05) is 32.0 Å². The number of nitrogens with one attached hydrogen (secondary N) is 2. The van der Waals surface area contributed by atoms with Gasteiger partial charge in [-0.2, -0.15) is 0 Å². The third-order valence-corrected chi connectivity index (χ3v) is 5.61. The third-order valence-electron chi connectivity index (χ3n) is 5.61. The SMILES string of the molecule is Cc1cccc(C(C(=O)Nc2ccccc2C)N(CCO)C(=O)C(CCC(N)=O)NC(=O)OC(C)(C)C)c1. The van der Waals surface area contributed by atoms with Crippen LogP contribution in [0.25, 0.3) is 0 Å². The molecule has 0 aliphatic carbocycles. The number of benzene rings is 2. The standard InChI is InChI=1S/C28H38N4O6/c1-18-9-8-11-20(17-18)24(25(35)30-21-12-7-6-10-19(21)2)32(15-16-33)26(36)22(13-14-23(29)34)31-27(37)38-28(3,4)5/h6-12,17,22,24,33H,13-16H2,1-5H3,(H2,29,34)(H,30,35)(H,31,37). The minimum Gasteiger partial charge on any atom is -0.444 e. The zero-order chi connectivity index (χ0) is 28.5. The highest BCUT2D eigenvalue weighted by Gasteiger charge is 2.36. The Balaban J connectivity index is 2.51. The lowest BCUT2D eigenvalue weighted by molar-refractivity contribution is -0.141. The molecule has 2 unspecified atom stereocenters. The molecule has 2 rings (SSSR count). The van der Waals surface area contributed by atoms with Gasteiger partial charge in [0.15, 0.2) is 0 Å². The summed E-state index contributed by atoms with van der Waals surface area (Å²) in [6.45, 7) is 8.08. The lowest BCUT2D eigenvalue weighted by Crippen LogP contribution is -2.53. The van der Waals surface area contributed by atoms with Crippen LogP contribution >= 0.6 is 0 Å². The largest absolute Gasteiger partial charge is 0.444 e. The molecule has 206 valence electrons. The molecule has 0 aliphatic rings. The Labute approximate surface area is 223 Å². The van der Waals surface area contributed by atoms with Crippen molar-refractivity contribution in [3.05, 3.63) is 65.2 Å². The van der Waals surface area contributed by atoms with Gasteiger partial charge in [0.1, 0.15) is 17.7 Å². The molecule has 2 atom stereocenters. The zero-order valence-corrected chi connectivity index (χ0v) is 22.6. The predicted molar refractivity (Wildman–Crippen MR) is 144 cm³/mol. The number of aliphatic hydroxyl groups excluding tert-OH is 1. The first-order valence-electron chi connectivity index (χ1n) is 12.4. The second-order valence-electron chi connectivity index (χ2n) is 10.1. The molecule has 10 nitrogen and oxygen atoms in total. The maximum absolute atomic E-state index is 13.9. The van der Waals surface area contributed by atoms with Crippen molar-refractivity contribution in [1.82, 2.24) is 10.2 Å². The average molecular weight is 527 g/mol. The topological polar surface area (TPSA) is 151 Å². The molecule has 2 aromatic rings. The van der Waals surface area contributed by atoms with Gasteiger partial charge in [0, 0.05) is 18.7 Å². The normalized spacial score (nSPS) is 12.7. The van der Waals surface area contributed by atoms with Gasteiger partial charge in [-0.3, -0.25) is 14.4 Å². The van der Waals surface area contributed by atoms with Gasteiger partial charge >= 0.3 is 6.09 Å². The number of alkyl carbamates (subject to hydrolysis) is 1. The Morgan fingerprint density at radius 3 is 2.32 bits per heavy atom. The number of primary amides is 1. The number of carbonyl (C=O) groups excluding carboxylic acids is 4. The molecule has 0 spiro atoms. The second kappa shape index (κ2) is 13.6. The van der Waals surface area contributed by atoms with Crippen molar-refractivity contribution in [3.8, 4) is 0 Å². The van der Waals surface area contributed by atoms with Crippen molar-refractivity contribution in [1.29, 1.82) is 0 Å². The van der Waals surface area contributed by atoms with Crippen LogP contribution in [0.15, 0.2) is 48.5 Å². The van der Waals surface area contributed by atoms with Crippen LogP contribution < -0.4 is 16.4 Å². The molecular formula is C28H38N4O6. The van der Waals surface area contributed by atoms with Crippen LogP contribution in [0, 0.1) is 13.8 Å². The molecule has 2 aromatic carbocycles. The van der Waals surface area contributed by atoms with E-state index in [-0.39, 0.29) is 19.4 Å². The third kappa shape index (κ3) is 9.19. The number of nitrogens with zero attached hydrogens (tertiary/aromatic N) is 1. The summed E-state index contributed by atoms with van der Waals surface area (Å²) in [4.78, 5) is 52.9. The molecule has 5 N–H and O–H groups in total. The Bertz CT molecular complexity index is 1140. The summed E-state index contributed by atoms with van der Waals surface area (Å²) in [5.74, 6) is -1.83. The maximum atomic E-state index is 13.9. The molecule has 0 saturated heterocycles. The quantitative estimate of drug-likeness (QED) is 0.353. The van der Waals surface area contributed by atoms with E-state index in [2.05, 4.69) is 10.6 Å². The highest BCUT2D eigenvalue weighted by Crippen LogP contribution is 2.26. The van der Waals surface area contributed by atoms with Crippen molar-refractivity contribution in [2.24, 2.45) is 5.73 Å². The van der Waals surface area contributed by atoms with Crippen molar-refractivity contribution in [2.45, 2.75) is 65.1 Å². The molecule has 10 heteroatoms. The number of anilines is 1. The monoisotopic (exact) mass is 526 g/mol. The summed E-state index contributed by atoms with van der Waals surface area (Å²) in [5.41, 5.74) is 7.27. The number of hydrogen-bond donors (Lipinski definition) is 4. The van der Waals surface area contributed by atoms with Gasteiger partial charge in [0.05, 0.1) is 6.61 Å². The van der Waals surface area contributed by atoms with Crippen LogP contribution in [-0.4, -0.2) is 58.6 Å². The smallest absolute Gasteiger partial charge is 0.408 e. The lowest BCUT2D eigenvalue weighted by Gasteiger charge is -2.34. The van der Waals surface area contributed by atoms with Crippen LogP contribution in [0.4, 0.5) is 10.5 Å². The van der Waals surface area contributed by atoms with E-state index in [1.165, 1.54) is 4.90 Å². The maximum Gasteiger partial charge on any atom is 0.408 e. The number of aryl methyl sites for hydroxylation is 2. The summed E-state index contributed by atoms with van der Waals surface area (Å²) < 4.78 is 5.30. The van der Waals surface area contributed by atoms with Crippen molar-refractivity contribution >= 4 is 29.5 Å². The predicted octanol–water partition coefficient (Wildman–Crippen LogP) is 2.96. The summed E-state index contributed by atoms with van der Waals surface area (Å²) in [7, 11) is 0. The van der Waals surface area contributed by atoms with Gasteiger partial charge < -0.3 is 31.1 Å². The fraction of sp³-hybridized carbons (Fsp3) is 0.429. The van der Waals surface area contributed by atoms with Gasteiger partial charge in [-0.05, 0) is 58.2 Å². The molecule has 0 aliphatic heterocycles.